The molecule has 0 atom stereocenters. The number of pyridine rings is 1. The Balaban J connectivity index is 2.41. The Morgan fingerprint density at radius 3 is 2.88 bits per heavy atom. The lowest BCUT2D eigenvalue weighted by Gasteiger charge is -2.15. The van der Waals surface area contributed by atoms with Crippen LogP contribution in [-0.4, -0.2) is 26.2 Å². The third-order valence-electron chi connectivity index (χ3n) is 3.89. The fourth-order valence-electron chi connectivity index (χ4n) is 2.84. The standard InChI is InChI=1S/C17H17ClN4O2/c1-10-13(5-2-6-20-10)22-14-9-12(18)8-11(4-3-7-23)15(14)16(19)21-17(22)24/h2,5-6,8-9,23H,3-4,7H2,1H3,(H2,19,21,24). The Kier molecular flexibility index (Phi) is 4.51. The Morgan fingerprint density at radius 2 is 2.17 bits per heavy atom. The zero-order valence-corrected chi connectivity index (χ0v) is 13.9. The summed E-state index contributed by atoms with van der Waals surface area (Å²) < 4.78 is 1.47. The number of halogens is 1. The second-order valence-electron chi connectivity index (χ2n) is 5.51. The topological polar surface area (TPSA) is 94.0 Å². The molecule has 0 aliphatic carbocycles. The second-order valence-corrected chi connectivity index (χ2v) is 5.95. The van der Waals surface area contributed by atoms with Gasteiger partial charge >= 0.3 is 5.69 Å². The fraction of sp³-hybridized carbons (Fsp3) is 0.235. The third-order valence-corrected chi connectivity index (χ3v) is 4.11. The normalized spacial score (nSPS) is 11.1. The van der Waals surface area contributed by atoms with Crippen molar-refractivity contribution in [3.8, 4) is 5.69 Å². The molecule has 2 aromatic heterocycles. The summed E-state index contributed by atoms with van der Waals surface area (Å²) in [7, 11) is 0. The molecule has 3 N–H and O–H groups in total. The molecule has 0 fully saturated rings. The first-order chi connectivity index (χ1) is 11.5. The summed E-state index contributed by atoms with van der Waals surface area (Å²) in [6.45, 7) is 1.88. The van der Waals surface area contributed by atoms with Crippen LogP contribution in [0.2, 0.25) is 5.02 Å². The van der Waals surface area contributed by atoms with Crippen LogP contribution in [0.5, 0.6) is 0 Å². The molecule has 0 amide bonds. The molecule has 6 nitrogen and oxygen atoms in total. The molecular formula is C17H17ClN4O2. The number of hydrogen-bond acceptors (Lipinski definition) is 5. The van der Waals surface area contributed by atoms with E-state index >= 15 is 0 Å². The van der Waals surface area contributed by atoms with Gasteiger partial charge in [-0.15, -0.1) is 0 Å². The van der Waals surface area contributed by atoms with Gasteiger partial charge in [0.15, 0.2) is 0 Å². The summed E-state index contributed by atoms with van der Waals surface area (Å²) in [5.74, 6) is 0.164. The minimum atomic E-state index is -0.480. The van der Waals surface area contributed by atoms with E-state index in [4.69, 9.17) is 22.4 Å². The van der Waals surface area contributed by atoms with Crippen molar-refractivity contribution in [2.45, 2.75) is 19.8 Å². The molecule has 0 unspecified atom stereocenters. The van der Waals surface area contributed by atoms with Crippen LogP contribution in [0.4, 0.5) is 5.82 Å². The molecule has 0 aliphatic heterocycles. The van der Waals surface area contributed by atoms with E-state index in [9.17, 15) is 4.79 Å². The maximum absolute atomic E-state index is 12.5. The molecule has 3 rings (SSSR count). The Bertz CT molecular complexity index is 969. The minimum absolute atomic E-state index is 0.0582. The van der Waals surface area contributed by atoms with E-state index in [0.717, 1.165) is 5.56 Å². The monoisotopic (exact) mass is 344 g/mol. The van der Waals surface area contributed by atoms with Crippen molar-refractivity contribution in [2.24, 2.45) is 0 Å². The van der Waals surface area contributed by atoms with Gasteiger partial charge in [-0.25, -0.2) is 4.79 Å². The highest BCUT2D eigenvalue weighted by Crippen LogP contribution is 2.29. The highest BCUT2D eigenvalue weighted by Gasteiger charge is 2.16. The average molecular weight is 345 g/mol. The summed E-state index contributed by atoms with van der Waals surface area (Å²) in [5.41, 5.74) is 8.31. The quantitative estimate of drug-likeness (QED) is 0.757. The van der Waals surface area contributed by atoms with Gasteiger partial charge in [0.05, 0.1) is 16.9 Å². The Labute approximate surface area is 143 Å². The van der Waals surface area contributed by atoms with Crippen molar-refractivity contribution in [3.05, 3.63) is 57.2 Å². The number of aryl methyl sites for hydroxylation is 2. The van der Waals surface area contributed by atoms with E-state index in [0.29, 0.717) is 40.1 Å². The molecule has 0 saturated heterocycles. The number of hydrogen-bond donors (Lipinski definition) is 2. The molecule has 0 saturated carbocycles. The van der Waals surface area contributed by atoms with Gasteiger partial charge in [-0.3, -0.25) is 9.55 Å². The Morgan fingerprint density at radius 1 is 1.38 bits per heavy atom. The van der Waals surface area contributed by atoms with Crippen molar-refractivity contribution in [1.29, 1.82) is 0 Å². The van der Waals surface area contributed by atoms with Crippen molar-refractivity contribution in [1.82, 2.24) is 14.5 Å². The van der Waals surface area contributed by atoms with Gasteiger partial charge in [-0.05, 0) is 49.6 Å². The Hall–Kier alpha value is -2.44. The van der Waals surface area contributed by atoms with Crippen molar-refractivity contribution in [3.63, 3.8) is 0 Å². The zero-order chi connectivity index (χ0) is 17.3. The van der Waals surface area contributed by atoms with E-state index in [1.165, 1.54) is 4.57 Å². The van der Waals surface area contributed by atoms with E-state index in [2.05, 4.69) is 9.97 Å². The van der Waals surface area contributed by atoms with Crippen molar-refractivity contribution in [2.75, 3.05) is 12.3 Å². The largest absolute Gasteiger partial charge is 0.396 e. The van der Waals surface area contributed by atoms with Crippen LogP contribution in [0, 0.1) is 6.92 Å². The lowest BCUT2D eigenvalue weighted by Crippen LogP contribution is -2.24. The van der Waals surface area contributed by atoms with Gasteiger partial charge in [0.2, 0.25) is 0 Å². The summed E-state index contributed by atoms with van der Waals surface area (Å²) in [6.07, 6.45) is 2.82. The van der Waals surface area contributed by atoms with Crippen molar-refractivity contribution < 1.29 is 5.11 Å². The third kappa shape index (κ3) is 2.86. The number of fused-ring (bicyclic) bond motifs is 1. The van der Waals surface area contributed by atoms with Gasteiger partial charge in [0, 0.05) is 23.2 Å². The zero-order valence-electron chi connectivity index (χ0n) is 13.2. The number of nitrogens with zero attached hydrogens (tertiary/aromatic N) is 3. The molecule has 0 radical (unpaired) electrons. The number of aromatic nitrogens is 3. The lowest BCUT2D eigenvalue weighted by atomic mass is 10.0. The maximum atomic E-state index is 12.5. The van der Waals surface area contributed by atoms with Crippen LogP contribution in [-0.2, 0) is 6.42 Å². The maximum Gasteiger partial charge on any atom is 0.354 e. The van der Waals surface area contributed by atoms with Crippen molar-refractivity contribution >= 4 is 28.3 Å². The molecule has 1 aromatic carbocycles. The molecular weight excluding hydrogens is 328 g/mol. The van der Waals surface area contributed by atoms with E-state index in [-0.39, 0.29) is 12.4 Å². The van der Waals surface area contributed by atoms with E-state index in [1.807, 2.05) is 6.92 Å². The number of benzene rings is 1. The molecule has 124 valence electrons. The SMILES string of the molecule is Cc1ncccc1-n1c(=O)nc(N)c2c(CCCO)cc(Cl)cc21. The summed E-state index contributed by atoms with van der Waals surface area (Å²) in [4.78, 5) is 20.7. The fourth-order valence-corrected chi connectivity index (χ4v) is 3.08. The van der Waals surface area contributed by atoms with Crippen LogP contribution < -0.4 is 11.4 Å². The molecule has 0 bridgehead atoms. The van der Waals surface area contributed by atoms with E-state index in [1.54, 1.807) is 30.5 Å². The molecule has 0 aliphatic rings. The van der Waals surface area contributed by atoms with Crippen LogP contribution in [0.3, 0.4) is 0 Å². The first kappa shape index (κ1) is 16.4. The highest BCUT2D eigenvalue weighted by molar-refractivity contribution is 6.31. The molecule has 0 spiro atoms. The van der Waals surface area contributed by atoms with Gasteiger partial charge in [0.25, 0.3) is 0 Å². The number of aliphatic hydroxyl groups is 1. The van der Waals surface area contributed by atoms with Gasteiger partial charge in [0.1, 0.15) is 5.82 Å². The summed E-state index contributed by atoms with van der Waals surface area (Å²) in [6, 6.07) is 7.05. The van der Waals surface area contributed by atoms with Gasteiger partial charge in [-0.2, -0.15) is 4.98 Å². The molecule has 7 heteroatoms. The first-order valence-electron chi connectivity index (χ1n) is 7.56. The van der Waals surface area contributed by atoms with Crippen LogP contribution in [0.25, 0.3) is 16.6 Å². The van der Waals surface area contributed by atoms with Gasteiger partial charge < -0.3 is 10.8 Å². The number of nitrogen functional groups attached to an aromatic ring is 1. The number of nitrogens with two attached hydrogens (primary N) is 1. The second kappa shape index (κ2) is 6.59. The average Bonchev–Trinajstić information content (AvgIpc) is 2.53. The molecule has 3 aromatic rings. The predicted molar refractivity (Wildman–Crippen MR) is 94.7 cm³/mol. The van der Waals surface area contributed by atoms with Gasteiger partial charge in [-0.1, -0.05) is 11.6 Å². The van der Waals surface area contributed by atoms with Crippen LogP contribution in [0.1, 0.15) is 17.7 Å². The number of aliphatic hydroxyl groups excluding tert-OH is 1. The first-order valence-corrected chi connectivity index (χ1v) is 7.94. The molecule has 2 heterocycles. The minimum Gasteiger partial charge on any atom is -0.396 e. The van der Waals surface area contributed by atoms with E-state index < -0.39 is 5.69 Å². The summed E-state index contributed by atoms with van der Waals surface area (Å²) in [5, 5.41) is 10.3. The van der Waals surface area contributed by atoms with Crippen LogP contribution >= 0.6 is 11.6 Å². The van der Waals surface area contributed by atoms with Crippen LogP contribution in [0.15, 0.2) is 35.3 Å². The summed E-state index contributed by atoms with van der Waals surface area (Å²) >= 11 is 6.25. The smallest absolute Gasteiger partial charge is 0.354 e. The highest BCUT2D eigenvalue weighted by atomic mass is 35.5. The number of rotatable bonds is 4. The molecule has 24 heavy (non-hydrogen) atoms. The predicted octanol–water partition coefficient (Wildman–Crippen LogP) is 2.25. The number of anilines is 1. The lowest BCUT2D eigenvalue weighted by molar-refractivity contribution is 0.289.